The van der Waals surface area contributed by atoms with Gasteiger partial charge in [-0.3, -0.25) is 0 Å². The predicted molar refractivity (Wildman–Crippen MR) is 103 cm³/mol. The molecule has 1 aliphatic heterocycles. The van der Waals surface area contributed by atoms with Crippen LogP contribution in [0, 0.1) is 0 Å². The molecule has 7 heteroatoms. The summed E-state index contributed by atoms with van der Waals surface area (Å²) >= 11 is 0. The first-order valence-corrected chi connectivity index (χ1v) is 12.4. The first-order chi connectivity index (χ1) is 12.2. The molecule has 0 saturated carbocycles. The van der Waals surface area contributed by atoms with Crippen molar-refractivity contribution >= 4 is 14.3 Å². The fourth-order valence-corrected chi connectivity index (χ4v) is 5.17. The molecule has 1 fully saturated rings. The molecule has 2 aliphatic rings. The summed E-state index contributed by atoms with van der Waals surface area (Å²) < 4.78 is 29.9. The number of carbonyl (C=O) groups excluding carboxylic acids is 1. The number of esters is 1. The van der Waals surface area contributed by atoms with Gasteiger partial charge in [-0.2, -0.15) is 0 Å². The van der Waals surface area contributed by atoms with Gasteiger partial charge in [0, 0.05) is 17.5 Å². The van der Waals surface area contributed by atoms with Gasteiger partial charge in [-0.1, -0.05) is 20.8 Å². The molecule has 0 amide bonds. The van der Waals surface area contributed by atoms with Crippen molar-refractivity contribution in [3.63, 3.8) is 0 Å². The Hall–Kier alpha value is -1.15. The van der Waals surface area contributed by atoms with Crippen LogP contribution in [0.1, 0.15) is 69.3 Å². The minimum atomic E-state index is -2.08. The summed E-state index contributed by atoms with van der Waals surface area (Å²) in [6.07, 6.45) is 1.50. The number of methoxy groups -OCH3 is 1. The monoisotopic (exact) mass is 396 g/mol. The van der Waals surface area contributed by atoms with Crippen molar-refractivity contribution in [3.05, 3.63) is 23.2 Å². The van der Waals surface area contributed by atoms with E-state index in [-0.39, 0.29) is 23.0 Å². The Morgan fingerprint density at radius 3 is 2.44 bits per heavy atom. The molecule has 6 nitrogen and oxygen atoms in total. The molecule has 1 aromatic rings. The molecule has 3 rings (SSSR count). The molecule has 0 unspecified atom stereocenters. The number of hydrogen-bond donors (Lipinski definition) is 0. The first-order valence-electron chi connectivity index (χ1n) is 9.46. The SMILES string of the molecule is COC(=O)c1occ2c1C[C@@H](O[Si](C)(C)C(C)(C)C)[C@]1(C)OC(C)(C)O[C@H]21. The Morgan fingerprint density at radius 1 is 1.26 bits per heavy atom. The third-order valence-electron chi connectivity index (χ3n) is 6.24. The van der Waals surface area contributed by atoms with Crippen molar-refractivity contribution in [2.45, 2.75) is 89.7 Å². The second-order valence-corrected chi connectivity index (χ2v) is 14.5. The van der Waals surface area contributed by atoms with E-state index in [1.165, 1.54) is 7.11 Å². The lowest BCUT2D eigenvalue weighted by Gasteiger charge is -2.47. The normalized spacial score (nSPS) is 30.0. The number of carbonyl (C=O) groups is 1. The zero-order chi connectivity index (χ0) is 20.4. The first kappa shape index (κ1) is 20.6. The van der Waals surface area contributed by atoms with Crippen LogP contribution in [0.15, 0.2) is 10.7 Å². The zero-order valence-corrected chi connectivity index (χ0v) is 18.9. The fraction of sp³-hybridized carbons (Fsp3) is 0.750. The van der Waals surface area contributed by atoms with Crippen molar-refractivity contribution in [3.8, 4) is 0 Å². The molecule has 0 radical (unpaired) electrons. The van der Waals surface area contributed by atoms with Gasteiger partial charge in [0.15, 0.2) is 14.1 Å². The van der Waals surface area contributed by atoms with Gasteiger partial charge in [0.1, 0.15) is 11.7 Å². The highest BCUT2D eigenvalue weighted by Crippen LogP contribution is 2.54. The van der Waals surface area contributed by atoms with Gasteiger partial charge in [0.2, 0.25) is 5.76 Å². The third-order valence-corrected chi connectivity index (χ3v) is 10.7. The molecular weight excluding hydrogens is 364 g/mol. The lowest BCUT2D eigenvalue weighted by Crippen LogP contribution is -2.56. The zero-order valence-electron chi connectivity index (χ0n) is 17.9. The summed E-state index contributed by atoms with van der Waals surface area (Å²) in [6.45, 7) is 16.9. The summed E-state index contributed by atoms with van der Waals surface area (Å²) in [6, 6.07) is 0. The van der Waals surface area contributed by atoms with Gasteiger partial charge in [0.05, 0.1) is 19.5 Å². The van der Waals surface area contributed by atoms with Gasteiger partial charge >= 0.3 is 5.97 Å². The summed E-state index contributed by atoms with van der Waals surface area (Å²) in [5.41, 5.74) is 0.983. The number of furan rings is 1. The minimum Gasteiger partial charge on any atom is -0.463 e. The van der Waals surface area contributed by atoms with E-state index in [9.17, 15) is 4.79 Å². The summed E-state index contributed by atoms with van der Waals surface area (Å²) in [5, 5.41) is 0.0513. The average molecular weight is 397 g/mol. The lowest BCUT2D eigenvalue weighted by molar-refractivity contribution is -0.176. The van der Waals surface area contributed by atoms with E-state index in [1.807, 2.05) is 20.8 Å². The average Bonchev–Trinajstić information content (AvgIpc) is 3.03. The standard InChI is InChI=1S/C20H32O6Si/c1-18(2,3)27(8,9)25-14-10-12-13(11-23-15(12)17(21)22-7)16-20(14,6)26-19(4,5)24-16/h11,14,16H,10H2,1-9H3/t14-,16-,20+/m1/s1. The van der Waals surface area contributed by atoms with Crippen LogP contribution in [0.2, 0.25) is 18.1 Å². The molecule has 1 saturated heterocycles. The van der Waals surface area contributed by atoms with Crippen LogP contribution in [0.25, 0.3) is 0 Å². The van der Waals surface area contributed by atoms with E-state index in [0.717, 1.165) is 11.1 Å². The maximum absolute atomic E-state index is 12.2. The highest BCUT2D eigenvalue weighted by Gasteiger charge is 2.61. The molecule has 0 spiro atoms. The van der Waals surface area contributed by atoms with Gasteiger partial charge < -0.3 is 23.1 Å². The Labute approximate surface area is 162 Å². The van der Waals surface area contributed by atoms with Crippen molar-refractivity contribution < 1.29 is 27.8 Å². The van der Waals surface area contributed by atoms with Crippen LogP contribution in [-0.4, -0.2) is 38.9 Å². The van der Waals surface area contributed by atoms with E-state index >= 15 is 0 Å². The number of hydrogen-bond acceptors (Lipinski definition) is 6. The molecule has 27 heavy (non-hydrogen) atoms. The van der Waals surface area contributed by atoms with Crippen LogP contribution in [-0.2, 0) is 25.1 Å². The molecule has 2 heterocycles. The van der Waals surface area contributed by atoms with Crippen LogP contribution in [0.4, 0.5) is 0 Å². The molecule has 152 valence electrons. The van der Waals surface area contributed by atoms with Crippen LogP contribution in [0.5, 0.6) is 0 Å². The smallest absolute Gasteiger partial charge is 0.374 e. The van der Waals surface area contributed by atoms with E-state index in [0.29, 0.717) is 6.42 Å². The second kappa shape index (κ2) is 6.17. The minimum absolute atomic E-state index is 0.0513. The van der Waals surface area contributed by atoms with Gasteiger partial charge in [0.25, 0.3) is 0 Å². The van der Waals surface area contributed by atoms with E-state index in [2.05, 4.69) is 33.9 Å². The predicted octanol–water partition coefficient (Wildman–Crippen LogP) is 4.60. The van der Waals surface area contributed by atoms with E-state index < -0.39 is 25.7 Å². The molecular formula is C20H32O6Si. The fourth-order valence-electron chi connectivity index (χ4n) is 3.78. The Balaban J connectivity index is 2.07. The highest BCUT2D eigenvalue weighted by molar-refractivity contribution is 6.74. The molecule has 1 aliphatic carbocycles. The third kappa shape index (κ3) is 3.28. The van der Waals surface area contributed by atoms with Gasteiger partial charge in [-0.25, -0.2) is 4.79 Å². The van der Waals surface area contributed by atoms with Crippen molar-refractivity contribution in [2.24, 2.45) is 0 Å². The van der Waals surface area contributed by atoms with E-state index in [4.69, 9.17) is 23.1 Å². The van der Waals surface area contributed by atoms with Crippen LogP contribution in [0.3, 0.4) is 0 Å². The number of fused-ring (bicyclic) bond motifs is 3. The van der Waals surface area contributed by atoms with Crippen molar-refractivity contribution in [1.82, 2.24) is 0 Å². The largest absolute Gasteiger partial charge is 0.463 e. The quantitative estimate of drug-likeness (QED) is 0.550. The topological polar surface area (TPSA) is 67.1 Å². The molecule has 0 N–H and O–H groups in total. The van der Waals surface area contributed by atoms with Crippen molar-refractivity contribution in [2.75, 3.05) is 7.11 Å². The lowest BCUT2D eigenvalue weighted by atomic mass is 9.78. The molecule has 0 aromatic carbocycles. The van der Waals surface area contributed by atoms with Crippen LogP contribution >= 0.6 is 0 Å². The van der Waals surface area contributed by atoms with Crippen molar-refractivity contribution in [1.29, 1.82) is 0 Å². The van der Waals surface area contributed by atoms with E-state index in [1.54, 1.807) is 6.26 Å². The molecule has 3 atom stereocenters. The summed E-state index contributed by atoms with van der Waals surface area (Å²) in [7, 11) is -0.728. The maximum atomic E-state index is 12.2. The Bertz CT molecular complexity index is 744. The molecule has 0 bridgehead atoms. The second-order valence-electron chi connectivity index (χ2n) is 9.74. The summed E-state index contributed by atoms with van der Waals surface area (Å²) in [5.74, 6) is -1.01. The maximum Gasteiger partial charge on any atom is 0.374 e. The molecule has 1 aromatic heterocycles. The summed E-state index contributed by atoms with van der Waals surface area (Å²) in [4.78, 5) is 12.2. The number of ether oxygens (including phenoxy) is 3. The van der Waals surface area contributed by atoms with Gasteiger partial charge in [-0.05, 0) is 38.9 Å². The Kier molecular flexibility index (Phi) is 4.70. The van der Waals surface area contributed by atoms with Gasteiger partial charge in [-0.15, -0.1) is 0 Å². The highest BCUT2D eigenvalue weighted by atomic mass is 28.4. The van der Waals surface area contributed by atoms with Crippen LogP contribution < -0.4 is 0 Å². The number of rotatable bonds is 3. The Morgan fingerprint density at radius 2 is 1.89 bits per heavy atom.